The second-order valence-electron chi connectivity index (χ2n) is 4.40. The molecule has 1 fully saturated rings. The first kappa shape index (κ1) is 15.4. The predicted molar refractivity (Wildman–Crippen MR) is 78.9 cm³/mol. The number of nitrogens with one attached hydrogen (secondary N) is 2. The zero-order chi connectivity index (χ0) is 13.9. The monoisotopic (exact) mass is 368 g/mol. The molecule has 108 valence electrons. The molecule has 2 rings (SSSR count). The van der Waals surface area contributed by atoms with Gasteiger partial charge in [0.25, 0.3) is 0 Å². The van der Waals surface area contributed by atoms with Crippen LogP contribution < -0.4 is 10.0 Å². The van der Waals surface area contributed by atoms with Gasteiger partial charge in [0.2, 0.25) is 10.0 Å². The maximum atomic E-state index is 12.1. The summed E-state index contributed by atoms with van der Waals surface area (Å²) in [5.74, 6) is 0. The molecule has 0 atom stereocenters. The first-order chi connectivity index (χ1) is 9.03. The van der Waals surface area contributed by atoms with Gasteiger partial charge >= 0.3 is 0 Å². The summed E-state index contributed by atoms with van der Waals surface area (Å²) in [6.45, 7) is 1.36. The minimum atomic E-state index is -3.46. The number of rotatable bonds is 8. The Kier molecular flexibility index (Phi) is 5.38. The topological polar surface area (TPSA) is 67.4 Å². The van der Waals surface area contributed by atoms with Gasteiger partial charge in [0.15, 0.2) is 0 Å². The number of ether oxygens (including phenoxy) is 1. The van der Waals surface area contributed by atoms with Crippen molar-refractivity contribution in [1.29, 1.82) is 0 Å². The minimum absolute atomic E-state index is 0.275. The van der Waals surface area contributed by atoms with Crippen LogP contribution in [0.3, 0.4) is 0 Å². The van der Waals surface area contributed by atoms with Crippen LogP contribution in [0.2, 0.25) is 0 Å². The number of halogens is 1. The molecule has 1 aliphatic rings. The molecule has 1 aromatic heterocycles. The van der Waals surface area contributed by atoms with Gasteiger partial charge in [0, 0.05) is 31.1 Å². The minimum Gasteiger partial charge on any atom is -0.383 e. The molecule has 0 amide bonds. The highest BCUT2D eigenvalue weighted by molar-refractivity contribution is 9.11. The van der Waals surface area contributed by atoms with Gasteiger partial charge in [-0.25, -0.2) is 13.1 Å². The molecule has 0 saturated heterocycles. The summed E-state index contributed by atoms with van der Waals surface area (Å²) in [6.07, 6.45) is 2.44. The lowest BCUT2D eigenvalue weighted by atomic mass is 10.4. The molecule has 1 aliphatic carbocycles. The molecule has 8 heteroatoms. The molecule has 0 aliphatic heterocycles. The summed E-state index contributed by atoms with van der Waals surface area (Å²) in [5.41, 5.74) is 0. The standard InChI is InChI=1S/C11H17BrN2O3S2/c1-17-5-4-14-19(15,16)10-6-9(18-11(10)12)7-13-8-2-3-8/h6,8,13-14H,2-5,7H2,1H3. The lowest BCUT2D eigenvalue weighted by Gasteiger charge is -2.04. The van der Waals surface area contributed by atoms with Gasteiger partial charge in [-0.1, -0.05) is 0 Å². The van der Waals surface area contributed by atoms with Gasteiger partial charge in [0.1, 0.15) is 4.90 Å². The van der Waals surface area contributed by atoms with Crippen LogP contribution in [-0.2, 0) is 21.3 Å². The van der Waals surface area contributed by atoms with Crippen LogP contribution in [0.4, 0.5) is 0 Å². The molecule has 5 nitrogen and oxygen atoms in total. The highest BCUT2D eigenvalue weighted by Gasteiger charge is 2.23. The Balaban J connectivity index is 2.01. The summed E-state index contributed by atoms with van der Waals surface area (Å²) in [6, 6.07) is 2.33. The molecule has 1 aromatic rings. The van der Waals surface area contributed by atoms with Crippen LogP contribution in [-0.4, -0.2) is 34.7 Å². The quantitative estimate of drug-likeness (QED) is 0.685. The second-order valence-corrected chi connectivity index (χ2v) is 8.59. The van der Waals surface area contributed by atoms with E-state index in [2.05, 4.69) is 26.0 Å². The highest BCUT2D eigenvalue weighted by Crippen LogP contribution is 2.32. The molecule has 1 saturated carbocycles. The third kappa shape index (κ3) is 4.51. The van der Waals surface area contributed by atoms with E-state index in [-0.39, 0.29) is 6.54 Å². The summed E-state index contributed by atoms with van der Waals surface area (Å²) in [4.78, 5) is 1.33. The molecule has 19 heavy (non-hydrogen) atoms. The third-order valence-electron chi connectivity index (χ3n) is 2.74. The number of sulfonamides is 1. The van der Waals surface area contributed by atoms with Crippen LogP contribution in [0.15, 0.2) is 14.7 Å². The Labute approximate surface area is 125 Å². The van der Waals surface area contributed by atoms with Crippen LogP contribution in [0.1, 0.15) is 17.7 Å². The van der Waals surface area contributed by atoms with E-state index in [0.29, 0.717) is 21.3 Å². The van der Waals surface area contributed by atoms with E-state index in [0.717, 1.165) is 11.4 Å². The van der Waals surface area contributed by atoms with Crippen LogP contribution in [0, 0.1) is 0 Å². The normalized spacial score (nSPS) is 15.9. The van der Waals surface area contributed by atoms with Crippen molar-refractivity contribution in [1.82, 2.24) is 10.0 Å². The number of methoxy groups -OCH3 is 1. The average molecular weight is 369 g/mol. The van der Waals surface area contributed by atoms with Crippen molar-refractivity contribution in [3.8, 4) is 0 Å². The Morgan fingerprint density at radius 2 is 2.26 bits per heavy atom. The third-order valence-corrected chi connectivity index (χ3v) is 6.45. The van der Waals surface area contributed by atoms with Crippen molar-refractivity contribution in [3.05, 3.63) is 14.7 Å². The van der Waals surface area contributed by atoms with E-state index in [1.54, 1.807) is 6.07 Å². The van der Waals surface area contributed by atoms with Gasteiger partial charge < -0.3 is 10.1 Å². The fraction of sp³-hybridized carbons (Fsp3) is 0.636. The largest absolute Gasteiger partial charge is 0.383 e. The van der Waals surface area contributed by atoms with E-state index in [1.165, 1.54) is 31.3 Å². The Morgan fingerprint density at radius 3 is 2.89 bits per heavy atom. The maximum absolute atomic E-state index is 12.1. The van der Waals surface area contributed by atoms with Crippen LogP contribution >= 0.6 is 27.3 Å². The first-order valence-corrected chi connectivity index (χ1v) is 9.12. The lowest BCUT2D eigenvalue weighted by molar-refractivity contribution is 0.204. The Hall–Kier alpha value is 0.01000. The van der Waals surface area contributed by atoms with Crippen molar-refractivity contribution in [2.24, 2.45) is 0 Å². The van der Waals surface area contributed by atoms with Crippen LogP contribution in [0.25, 0.3) is 0 Å². The van der Waals surface area contributed by atoms with E-state index < -0.39 is 10.0 Å². The SMILES string of the molecule is COCCNS(=O)(=O)c1cc(CNC2CC2)sc1Br. The number of thiophene rings is 1. The molecular weight excluding hydrogens is 352 g/mol. The molecule has 0 aromatic carbocycles. The van der Waals surface area contributed by atoms with Gasteiger partial charge in [-0.3, -0.25) is 0 Å². The van der Waals surface area contributed by atoms with E-state index in [1.807, 2.05) is 0 Å². The smallest absolute Gasteiger partial charge is 0.242 e. The molecule has 0 radical (unpaired) electrons. The summed E-state index contributed by atoms with van der Waals surface area (Å²) in [7, 11) is -1.92. The maximum Gasteiger partial charge on any atom is 0.242 e. The van der Waals surface area contributed by atoms with E-state index >= 15 is 0 Å². The van der Waals surface area contributed by atoms with E-state index in [4.69, 9.17) is 4.74 Å². The zero-order valence-electron chi connectivity index (χ0n) is 10.6. The van der Waals surface area contributed by atoms with Crippen molar-refractivity contribution in [3.63, 3.8) is 0 Å². The molecule has 0 unspecified atom stereocenters. The van der Waals surface area contributed by atoms with Crippen molar-refractivity contribution >= 4 is 37.3 Å². The average Bonchev–Trinajstić information content (AvgIpc) is 3.09. The Morgan fingerprint density at radius 1 is 1.53 bits per heavy atom. The van der Waals surface area contributed by atoms with Gasteiger partial charge in [-0.05, 0) is 34.8 Å². The Bertz CT molecular complexity index is 526. The summed E-state index contributed by atoms with van der Waals surface area (Å²) in [5, 5.41) is 3.37. The molecule has 0 bridgehead atoms. The van der Waals surface area contributed by atoms with Gasteiger partial charge in [-0.2, -0.15) is 0 Å². The van der Waals surface area contributed by atoms with Crippen molar-refractivity contribution < 1.29 is 13.2 Å². The predicted octanol–water partition coefficient (Wildman–Crippen LogP) is 1.69. The number of hydrogen-bond acceptors (Lipinski definition) is 5. The fourth-order valence-electron chi connectivity index (χ4n) is 1.56. The zero-order valence-corrected chi connectivity index (χ0v) is 13.8. The fourth-order valence-corrected chi connectivity index (χ4v) is 5.20. The van der Waals surface area contributed by atoms with Gasteiger partial charge in [-0.15, -0.1) is 11.3 Å². The molecule has 1 heterocycles. The highest BCUT2D eigenvalue weighted by atomic mass is 79.9. The lowest BCUT2D eigenvalue weighted by Crippen LogP contribution is -2.27. The van der Waals surface area contributed by atoms with Crippen molar-refractivity contribution in [2.45, 2.75) is 30.3 Å². The second kappa shape index (κ2) is 6.64. The van der Waals surface area contributed by atoms with Crippen LogP contribution in [0.5, 0.6) is 0 Å². The molecular formula is C11H17BrN2O3S2. The van der Waals surface area contributed by atoms with Crippen molar-refractivity contribution in [2.75, 3.05) is 20.3 Å². The van der Waals surface area contributed by atoms with E-state index in [9.17, 15) is 8.42 Å². The number of hydrogen-bond donors (Lipinski definition) is 2. The summed E-state index contributed by atoms with van der Waals surface area (Å²) >= 11 is 4.78. The first-order valence-electron chi connectivity index (χ1n) is 6.03. The molecule has 2 N–H and O–H groups in total. The summed E-state index contributed by atoms with van der Waals surface area (Å²) < 4.78 is 32.2. The molecule has 0 spiro atoms. The van der Waals surface area contributed by atoms with Gasteiger partial charge in [0.05, 0.1) is 10.4 Å².